The summed E-state index contributed by atoms with van der Waals surface area (Å²) in [5.74, 6) is -0.537. The van der Waals surface area contributed by atoms with Gasteiger partial charge in [0.1, 0.15) is 12.6 Å². The molecule has 1 atom stereocenters. The smallest absolute Gasteiger partial charge is 0.407 e. The Hall–Kier alpha value is -2.87. The number of carbonyl (C=O) groups excluding carboxylic acids is 3. The summed E-state index contributed by atoms with van der Waals surface area (Å²) >= 11 is 1.52. The molecular weight excluding hydrogens is 426 g/mol. The minimum absolute atomic E-state index is 0.120. The van der Waals surface area contributed by atoms with Gasteiger partial charge < -0.3 is 20.3 Å². The highest BCUT2D eigenvalue weighted by atomic mass is 32.1. The van der Waals surface area contributed by atoms with Gasteiger partial charge in [0, 0.05) is 10.9 Å². The average molecular weight is 458 g/mol. The SMILES string of the molecule is COC(=O)NCC(=O)N(Cc1cccs1)C(C(=O)NC1CCCCC1)c1ccccc1C. The highest BCUT2D eigenvalue weighted by molar-refractivity contribution is 7.09. The summed E-state index contributed by atoms with van der Waals surface area (Å²) in [6, 6.07) is 10.8. The maximum Gasteiger partial charge on any atom is 0.407 e. The van der Waals surface area contributed by atoms with Crippen LogP contribution in [-0.2, 0) is 20.9 Å². The number of ether oxygens (including phenoxy) is 1. The Bertz CT molecular complexity index is 910. The second-order valence-electron chi connectivity index (χ2n) is 8.05. The van der Waals surface area contributed by atoms with E-state index in [1.54, 1.807) is 4.90 Å². The third-order valence-corrected chi connectivity index (χ3v) is 6.65. The van der Waals surface area contributed by atoms with E-state index in [0.29, 0.717) is 0 Å². The first-order valence-electron chi connectivity index (χ1n) is 11.0. The summed E-state index contributed by atoms with van der Waals surface area (Å²) in [7, 11) is 1.25. The average Bonchev–Trinajstić information content (AvgIpc) is 3.32. The highest BCUT2D eigenvalue weighted by Gasteiger charge is 2.34. The largest absolute Gasteiger partial charge is 0.453 e. The predicted molar refractivity (Wildman–Crippen MR) is 124 cm³/mol. The first-order chi connectivity index (χ1) is 15.5. The van der Waals surface area contributed by atoms with Gasteiger partial charge in [0.05, 0.1) is 13.7 Å². The Labute approximate surface area is 193 Å². The molecule has 2 aromatic rings. The lowest BCUT2D eigenvalue weighted by Crippen LogP contribution is -2.49. The summed E-state index contributed by atoms with van der Waals surface area (Å²) in [5, 5.41) is 7.59. The first kappa shape index (κ1) is 23.8. The van der Waals surface area contributed by atoms with Crippen molar-refractivity contribution < 1.29 is 19.1 Å². The molecule has 1 unspecified atom stereocenters. The highest BCUT2D eigenvalue weighted by Crippen LogP contribution is 2.28. The summed E-state index contributed by atoms with van der Waals surface area (Å²) in [6.07, 6.45) is 4.61. The van der Waals surface area contributed by atoms with E-state index < -0.39 is 12.1 Å². The number of amides is 3. The van der Waals surface area contributed by atoms with Crippen molar-refractivity contribution in [2.45, 2.75) is 57.7 Å². The van der Waals surface area contributed by atoms with Gasteiger partial charge in [0.25, 0.3) is 0 Å². The van der Waals surface area contributed by atoms with E-state index in [0.717, 1.165) is 41.7 Å². The third-order valence-electron chi connectivity index (χ3n) is 5.79. The van der Waals surface area contributed by atoms with Crippen LogP contribution in [0.3, 0.4) is 0 Å². The van der Waals surface area contributed by atoms with Gasteiger partial charge in [-0.1, -0.05) is 49.6 Å². The predicted octanol–water partition coefficient (Wildman–Crippen LogP) is 3.93. The number of alkyl carbamates (subject to hydrolysis) is 1. The van der Waals surface area contributed by atoms with Gasteiger partial charge in [-0.2, -0.15) is 0 Å². The normalized spacial score (nSPS) is 14.9. The molecule has 8 heteroatoms. The molecule has 0 bridgehead atoms. The molecule has 1 heterocycles. The van der Waals surface area contributed by atoms with Crippen molar-refractivity contribution in [2.75, 3.05) is 13.7 Å². The number of hydrogen-bond donors (Lipinski definition) is 2. The molecule has 1 aromatic carbocycles. The molecule has 1 fully saturated rings. The molecule has 1 saturated carbocycles. The monoisotopic (exact) mass is 457 g/mol. The van der Waals surface area contributed by atoms with Crippen LogP contribution in [0.1, 0.15) is 54.1 Å². The van der Waals surface area contributed by atoms with Crippen molar-refractivity contribution in [1.82, 2.24) is 15.5 Å². The fourth-order valence-corrected chi connectivity index (χ4v) is 4.79. The number of hydrogen-bond acceptors (Lipinski definition) is 5. The van der Waals surface area contributed by atoms with E-state index in [1.165, 1.54) is 24.9 Å². The Kier molecular flexibility index (Phi) is 8.67. The minimum Gasteiger partial charge on any atom is -0.453 e. The van der Waals surface area contributed by atoms with Crippen molar-refractivity contribution >= 4 is 29.2 Å². The van der Waals surface area contributed by atoms with Gasteiger partial charge in [-0.25, -0.2) is 4.79 Å². The number of aryl methyl sites for hydroxylation is 1. The summed E-state index contributed by atoms with van der Waals surface area (Å²) in [5.41, 5.74) is 1.71. The molecule has 3 amide bonds. The number of carbonyl (C=O) groups is 3. The van der Waals surface area contributed by atoms with Gasteiger partial charge in [-0.05, 0) is 42.3 Å². The van der Waals surface area contributed by atoms with Crippen molar-refractivity contribution in [2.24, 2.45) is 0 Å². The Morgan fingerprint density at radius 1 is 1.12 bits per heavy atom. The van der Waals surface area contributed by atoms with Crippen LogP contribution in [0.5, 0.6) is 0 Å². The van der Waals surface area contributed by atoms with E-state index in [2.05, 4.69) is 15.4 Å². The molecule has 172 valence electrons. The number of nitrogens with one attached hydrogen (secondary N) is 2. The maximum absolute atomic E-state index is 13.6. The molecule has 1 aromatic heterocycles. The quantitative estimate of drug-likeness (QED) is 0.629. The van der Waals surface area contributed by atoms with Gasteiger partial charge in [0.15, 0.2) is 0 Å². The lowest BCUT2D eigenvalue weighted by molar-refractivity contribution is -0.141. The van der Waals surface area contributed by atoms with E-state index >= 15 is 0 Å². The molecule has 0 radical (unpaired) electrons. The van der Waals surface area contributed by atoms with Gasteiger partial charge >= 0.3 is 6.09 Å². The Morgan fingerprint density at radius 2 is 1.88 bits per heavy atom. The summed E-state index contributed by atoms with van der Waals surface area (Å²) < 4.78 is 4.60. The van der Waals surface area contributed by atoms with Crippen LogP contribution < -0.4 is 10.6 Å². The van der Waals surface area contributed by atoms with Crippen LogP contribution in [0, 0.1) is 6.92 Å². The van der Waals surface area contributed by atoms with Crippen LogP contribution in [-0.4, -0.2) is 42.5 Å². The molecule has 1 aliphatic rings. The zero-order chi connectivity index (χ0) is 22.9. The van der Waals surface area contributed by atoms with Crippen LogP contribution in [0.2, 0.25) is 0 Å². The zero-order valence-electron chi connectivity index (χ0n) is 18.6. The molecule has 32 heavy (non-hydrogen) atoms. The minimum atomic E-state index is -0.799. The maximum atomic E-state index is 13.6. The summed E-state index contributed by atoms with van der Waals surface area (Å²) in [4.78, 5) is 41.0. The molecule has 0 saturated heterocycles. The van der Waals surface area contributed by atoms with Gasteiger partial charge in [0.2, 0.25) is 11.8 Å². The second kappa shape index (κ2) is 11.7. The number of rotatable bonds is 8. The van der Waals surface area contributed by atoms with E-state index in [9.17, 15) is 14.4 Å². The molecule has 2 N–H and O–H groups in total. The topological polar surface area (TPSA) is 87.7 Å². The third kappa shape index (κ3) is 6.32. The fraction of sp³-hybridized carbons (Fsp3) is 0.458. The molecule has 3 rings (SSSR count). The Balaban J connectivity index is 1.93. The van der Waals surface area contributed by atoms with E-state index in [4.69, 9.17) is 0 Å². The lowest BCUT2D eigenvalue weighted by atomic mass is 9.94. The van der Waals surface area contributed by atoms with Gasteiger partial charge in [-0.15, -0.1) is 11.3 Å². The number of thiophene rings is 1. The fourth-order valence-electron chi connectivity index (χ4n) is 4.09. The van der Waals surface area contributed by atoms with Crippen molar-refractivity contribution in [1.29, 1.82) is 0 Å². The summed E-state index contributed by atoms with van der Waals surface area (Å²) in [6.45, 7) is 1.96. The van der Waals surface area contributed by atoms with Crippen molar-refractivity contribution in [3.8, 4) is 0 Å². The van der Waals surface area contributed by atoms with E-state index in [-0.39, 0.29) is 30.9 Å². The second-order valence-corrected chi connectivity index (χ2v) is 9.08. The number of methoxy groups -OCH3 is 1. The van der Waals surface area contributed by atoms with Gasteiger partial charge in [-0.3, -0.25) is 9.59 Å². The van der Waals surface area contributed by atoms with Crippen LogP contribution >= 0.6 is 11.3 Å². The molecule has 7 nitrogen and oxygen atoms in total. The van der Waals surface area contributed by atoms with Crippen LogP contribution in [0.15, 0.2) is 41.8 Å². The Morgan fingerprint density at radius 3 is 2.53 bits per heavy atom. The lowest BCUT2D eigenvalue weighted by Gasteiger charge is -2.34. The first-order valence-corrected chi connectivity index (χ1v) is 11.9. The van der Waals surface area contributed by atoms with Crippen molar-refractivity contribution in [3.63, 3.8) is 0 Å². The number of nitrogens with zero attached hydrogens (tertiary/aromatic N) is 1. The molecule has 0 aliphatic heterocycles. The molecular formula is C24H31N3O4S. The van der Waals surface area contributed by atoms with Crippen LogP contribution in [0.25, 0.3) is 0 Å². The van der Waals surface area contributed by atoms with Crippen LogP contribution in [0.4, 0.5) is 4.79 Å². The van der Waals surface area contributed by atoms with E-state index in [1.807, 2.05) is 48.7 Å². The standard InChI is InChI=1S/C24H31N3O4S/c1-17-9-6-7-13-20(17)22(23(29)26-18-10-4-3-5-11-18)27(16-19-12-8-14-32-19)21(28)15-25-24(30)31-2/h6-9,12-14,18,22H,3-5,10-11,15-16H2,1-2H3,(H,25,30)(H,26,29). The molecule has 0 spiro atoms. The van der Waals surface area contributed by atoms with Crippen molar-refractivity contribution in [3.05, 3.63) is 57.8 Å². The molecule has 1 aliphatic carbocycles. The zero-order valence-corrected chi connectivity index (χ0v) is 19.5. The number of benzene rings is 1.